The van der Waals surface area contributed by atoms with Gasteiger partial charge in [0.1, 0.15) is 0 Å². The van der Waals surface area contributed by atoms with Gasteiger partial charge in [-0.3, -0.25) is 0 Å². The second kappa shape index (κ2) is 4.96. The predicted molar refractivity (Wildman–Crippen MR) is 75.2 cm³/mol. The first kappa shape index (κ1) is 12.2. The summed E-state index contributed by atoms with van der Waals surface area (Å²) in [6.07, 6.45) is 0. The van der Waals surface area contributed by atoms with Crippen LogP contribution >= 0.6 is 0 Å². The summed E-state index contributed by atoms with van der Waals surface area (Å²) in [5, 5.41) is 0. The maximum Gasteiger partial charge on any atom is 0.0604 e. The summed E-state index contributed by atoms with van der Waals surface area (Å²) >= 11 is 0. The van der Waals surface area contributed by atoms with Crippen molar-refractivity contribution in [3.8, 4) is 0 Å². The van der Waals surface area contributed by atoms with Crippen LogP contribution in [0.2, 0.25) is 0 Å². The SMILES string of the molecule is Cc1ccc(N2CCN(C)CC2)c(N(C)C)c1. The van der Waals surface area contributed by atoms with Gasteiger partial charge in [0.25, 0.3) is 0 Å². The molecule has 3 nitrogen and oxygen atoms in total. The normalized spacial score (nSPS) is 17.3. The molecule has 0 N–H and O–H groups in total. The van der Waals surface area contributed by atoms with Crippen molar-refractivity contribution >= 4 is 11.4 Å². The van der Waals surface area contributed by atoms with Gasteiger partial charge in [0.05, 0.1) is 11.4 Å². The molecule has 0 bridgehead atoms. The van der Waals surface area contributed by atoms with E-state index >= 15 is 0 Å². The van der Waals surface area contributed by atoms with Crippen molar-refractivity contribution in [1.29, 1.82) is 0 Å². The van der Waals surface area contributed by atoms with Crippen LogP contribution in [0.3, 0.4) is 0 Å². The van der Waals surface area contributed by atoms with Crippen molar-refractivity contribution in [2.24, 2.45) is 0 Å². The maximum absolute atomic E-state index is 2.49. The van der Waals surface area contributed by atoms with E-state index in [9.17, 15) is 0 Å². The Bertz CT molecular complexity index is 379. The third-order valence-corrected chi connectivity index (χ3v) is 3.46. The first-order valence-electron chi connectivity index (χ1n) is 6.29. The van der Waals surface area contributed by atoms with Crippen LogP contribution in [-0.2, 0) is 0 Å². The van der Waals surface area contributed by atoms with E-state index in [0.717, 1.165) is 26.2 Å². The zero-order valence-corrected chi connectivity index (χ0v) is 11.4. The van der Waals surface area contributed by atoms with Crippen LogP contribution in [-0.4, -0.2) is 52.2 Å². The first-order valence-corrected chi connectivity index (χ1v) is 6.29. The second-order valence-electron chi connectivity index (χ2n) is 5.18. The Labute approximate surface area is 105 Å². The van der Waals surface area contributed by atoms with Gasteiger partial charge in [-0.2, -0.15) is 0 Å². The topological polar surface area (TPSA) is 9.72 Å². The molecule has 1 heterocycles. The molecule has 0 radical (unpaired) electrons. The van der Waals surface area contributed by atoms with Gasteiger partial charge in [0, 0.05) is 40.3 Å². The van der Waals surface area contributed by atoms with E-state index in [2.05, 4.69) is 61.0 Å². The van der Waals surface area contributed by atoms with Crippen molar-refractivity contribution in [2.45, 2.75) is 6.92 Å². The molecular formula is C14H23N3. The van der Waals surface area contributed by atoms with E-state index in [1.807, 2.05) is 0 Å². The lowest BCUT2D eigenvalue weighted by Gasteiger charge is -2.36. The third-order valence-electron chi connectivity index (χ3n) is 3.46. The van der Waals surface area contributed by atoms with Crippen molar-refractivity contribution in [1.82, 2.24) is 4.90 Å². The van der Waals surface area contributed by atoms with Gasteiger partial charge in [-0.1, -0.05) is 6.07 Å². The van der Waals surface area contributed by atoms with Crippen molar-refractivity contribution in [2.75, 3.05) is 57.1 Å². The molecule has 0 spiro atoms. The molecule has 1 aliphatic rings. The molecule has 1 fully saturated rings. The summed E-state index contributed by atoms with van der Waals surface area (Å²) in [5.41, 5.74) is 4.02. The summed E-state index contributed by atoms with van der Waals surface area (Å²) < 4.78 is 0. The Hall–Kier alpha value is -1.22. The fraction of sp³-hybridized carbons (Fsp3) is 0.571. The summed E-state index contributed by atoms with van der Waals surface area (Å²) in [4.78, 5) is 7.09. The van der Waals surface area contributed by atoms with E-state index < -0.39 is 0 Å². The minimum absolute atomic E-state index is 1.13. The highest BCUT2D eigenvalue weighted by atomic mass is 15.3. The van der Waals surface area contributed by atoms with Gasteiger partial charge in [0.2, 0.25) is 0 Å². The van der Waals surface area contributed by atoms with Crippen LogP contribution in [0.5, 0.6) is 0 Å². The van der Waals surface area contributed by atoms with Crippen molar-refractivity contribution in [3.63, 3.8) is 0 Å². The highest BCUT2D eigenvalue weighted by Crippen LogP contribution is 2.29. The zero-order chi connectivity index (χ0) is 12.4. The average Bonchev–Trinajstić information content (AvgIpc) is 2.30. The number of piperazine rings is 1. The Morgan fingerprint density at radius 1 is 1.06 bits per heavy atom. The largest absolute Gasteiger partial charge is 0.376 e. The first-order chi connectivity index (χ1) is 8.08. The van der Waals surface area contributed by atoms with Gasteiger partial charge >= 0.3 is 0 Å². The second-order valence-corrected chi connectivity index (χ2v) is 5.18. The Morgan fingerprint density at radius 3 is 2.29 bits per heavy atom. The molecule has 94 valence electrons. The highest BCUT2D eigenvalue weighted by Gasteiger charge is 2.17. The van der Waals surface area contributed by atoms with Crippen molar-refractivity contribution in [3.05, 3.63) is 23.8 Å². The summed E-state index contributed by atoms with van der Waals surface area (Å²) in [7, 11) is 6.43. The number of benzene rings is 1. The molecule has 1 saturated heterocycles. The number of rotatable bonds is 2. The number of hydrogen-bond acceptors (Lipinski definition) is 3. The van der Waals surface area contributed by atoms with Gasteiger partial charge in [0.15, 0.2) is 0 Å². The third kappa shape index (κ3) is 2.72. The molecule has 0 aliphatic carbocycles. The number of nitrogens with zero attached hydrogens (tertiary/aromatic N) is 3. The highest BCUT2D eigenvalue weighted by molar-refractivity contribution is 5.72. The number of hydrogen-bond donors (Lipinski definition) is 0. The smallest absolute Gasteiger partial charge is 0.0604 e. The van der Waals surface area contributed by atoms with Gasteiger partial charge < -0.3 is 14.7 Å². The fourth-order valence-corrected chi connectivity index (χ4v) is 2.31. The van der Waals surface area contributed by atoms with E-state index in [0.29, 0.717) is 0 Å². The van der Waals surface area contributed by atoms with E-state index in [-0.39, 0.29) is 0 Å². The lowest BCUT2D eigenvalue weighted by Crippen LogP contribution is -2.44. The van der Waals surface area contributed by atoms with Crippen LogP contribution in [0.25, 0.3) is 0 Å². The number of aryl methyl sites for hydroxylation is 1. The standard InChI is InChI=1S/C14H23N3/c1-12-5-6-13(14(11-12)15(2)3)17-9-7-16(4)8-10-17/h5-6,11H,7-10H2,1-4H3. The fourth-order valence-electron chi connectivity index (χ4n) is 2.31. The molecule has 2 rings (SSSR count). The molecule has 1 aliphatic heterocycles. The number of anilines is 2. The Morgan fingerprint density at radius 2 is 1.71 bits per heavy atom. The summed E-state index contributed by atoms with van der Waals surface area (Å²) in [5.74, 6) is 0. The number of likely N-dealkylation sites (N-methyl/N-ethyl adjacent to an activating group) is 1. The van der Waals surface area contributed by atoms with Crippen LogP contribution in [0.1, 0.15) is 5.56 Å². The van der Waals surface area contributed by atoms with E-state index in [1.165, 1.54) is 16.9 Å². The molecule has 17 heavy (non-hydrogen) atoms. The van der Waals surface area contributed by atoms with Crippen molar-refractivity contribution < 1.29 is 0 Å². The Balaban J connectivity index is 2.25. The van der Waals surface area contributed by atoms with Crippen LogP contribution in [0.15, 0.2) is 18.2 Å². The molecule has 1 aromatic carbocycles. The van der Waals surface area contributed by atoms with E-state index in [1.54, 1.807) is 0 Å². The molecule has 0 aromatic heterocycles. The molecule has 0 atom stereocenters. The monoisotopic (exact) mass is 233 g/mol. The summed E-state index contributed by atoms with van der Waals surface area (Å²) in [6, 6.07) is 6.74. The molecular weight excluding hydrogens is 210 g/mol. The molecule has 0 amide bonds. The molecule has 0 saturated carbocycles. The van der Waals surface area contributed by atoms with E-state index in [4.69, 9.17) is 0 Å². The van der Waals surface area contributed by atoms with Crippen LogP contribution < -0.4 is 9.80 Å². The Kier molecular flexibility index (Phi) is 3.57. The quantitative estimate of drug-likeness (QED) is 0.771. The summed E-state index contributed by atoms with van der Waals surface area (Å²) in [6.45, 7) is 6.71. The van der Waals surface area contributed by atoms with Gasteiger partial charge in [-0.05, 0) is 31.7 Å². The molecule has 3 heteroatoms. The minimum atomic E-state index is 1.13. The lowest BCUT2D eigenvalue weighted by atomic mass is 10.1. The van der Waals surface area contributed by atoms with Crippen LogP contribution in [0, 0.1) is 6.92 Å². The van der Waals surface area contributed by atoms with Gasteiger partial charge in [-0.25, -0.2) is 0 Å². The average molecular weight is 233 g/mol. The lowest BCUT2D eigenvalue weighted by molar-refractivity contribution is 0.313. The minimum Gasteiger partial charge on any atom is -0.376 e. The van der Waals surface area contributed by atoms with Crippen LogP contribution in [0.4, 0.5) is 11.4 Å². The van der Waals surface area contributed by atoms with Gasteiger partial charge in [-0.15, -0.1) is 0 Å². The zero-order valence-electron chi connectivity index (χ0n) is 11.4. The molecule has 0 unspecified atom stereocenters. The molecule has 1 aromatic rings. The predicted octanol–water partition coefficient (Wildman–Crippen LogP) is 1.81. The maximum atomic E-state index is 2.49.